The fourth-order valence-corrected chi connectivity index (χ4v) is 3.65. The lowest BCUT2D eigenvalue weighted by Crippen LogP contribution is -2.25. The van der Waals surface area contributed by atoms with Crippen molar-refractivity contribution in [3.8, 4) is 17.2 Å². The summed E-state index contributed by atoms with van der Waals surface area (Å²) in [6, 6.07) is 11.9. The highest BCUT2D eigenvalue weighted by atomic mass is 32.1. The Balaban J connectivity index is 1.54. The van der Waals surface area contributed by atoms with E-state index in [0.717, 1.165) is 0 Å². The lowest BCUT2D eigenvalue weighted by molar-refractivity contribution is 0.0953. The smallest absolute Gasteiger partial charge is 0.257 e. The first-order valence-electron chi connectivity index (χ1n) is 10.5. The number of nitrogens with one attached hydrogen (secondary N) is 2. The van der Waals surface area contributed by atoms with Gasteiger partial charge in [-0.1, -0.05) is 17.4 Å². The predicted molar refractivity (Wildman–Crippen MR) is 126 cm³/mol. The summed E-state index contributed by atoms with van der Waals surface area (Å²) in [6.07, 6.45) is 0.487. The monoisotopic (exact) mass is 470 g/mol. The Kier molecular flexibility index (Phi) is 8.59. The van der Waals surface area contributed by atoms with Gasteiger partial charge in [0.2, 0.25) is 5.13 Å². The van der Waals surface area contributed by atoms with E-state index in [2.05, 4.69) is 20.8 Å². The van der Waals surface area contributed by atoms with Crippen molar-refractivity contribution in [2.75, 3.05) is 32.2 Å². The van der Waals surface area contributed by atoms with E-state index in [9.17, 15) is 9.59 Å². The van der Waals surface area contributed by atoms with E-state index in [1.807, 2.05) is 13.8 Å². The zero-order valence-corrected chi connectivity index (χ0v) is 19.5. The Bertz CT molecular complexity index is 1100. The molecule has 10 heteroatoms. The minimum Gasteiger partial charge on any atom is -0.497 e. The summed E-state index contributed by atoms with van der Waals surface area (Å²) in [5, 5.41) is 14.8. The van der Waals surface area contributed by atoms with Crippen molar-refractivity contribution in [3.05, 3.63) is 58.6 Å². The minimum absolute atomic E-state index is 0.201. The number of methoxy groups -OCH3 is 1. The summed E-state index contributed by atoms with van der Waals surface area (Å²) < 4.78 is 16.2. The molecule has 174 valence electrons. The molecule has 0 saturated heterocycles. The third-order valence-electron chi connectivity index (χ3n) is 4.45. The van der Waals surface area contributed by atoms with Crippen LogP contribution in [0.4, 0.5) is 5.13 Å². The molecule has 2 N–H and O–H groups in total. The zero-order chi connectivity index (χ0) is 23.6. The van der Waals surface area contributed by atoms with Gasteiger partial charge in [0.1, 0.15) is 10.8 Å². The molecule has 0 atom stereocenters. The van der Waals surface area contributed by atoms with Crippen LogP contribution in [-0.4, -0.2) is 48.9 Å². The van der Waals surface area contributed by atoms with Crippen LogP contribution in [0.5, 0.6) is 17.2 Å². The summed E-state index contributed by atoms with van der Waals surface area (Å²) in [5.74, 6) is 1.19. The van der Waals surface area contributed by atoms with Gasteiger partial charge in [0, 0.05) is 24.1 Å². The first-order chi connectivity index (χ1) is 16.0. The number of carbonyl (C=O) groups is 2. The van der Waals surface area contributed by atoms with Gasteiger partial charge in [-0.05, 0) is 50.2 Å². The topological polar surface area (TPSA) is 112 Å². The van der Waals surface area contributed by atoms with Crippen LogP contribution in [0.1, 0.15) is 39.6 Å². The molecular formula is C23H26N4O5S. The number of rotatable bonds is 11. The maximum absolute atomic E-state index is 12.6. The van der Waals surface area contributed by atoms with E-state index in [0.29, 0.717) is 64.7 Å². The number of amides is 2. The fraction of sp³-hybridized carbons (Fsp3) is 0.304. The molecule has 0 spiro atoms. The van der Waals surface area contributed by atoms with Gasteiger partial charge in [0.05, 0.1) is 20.3 Å². The number of benzene rings is 2. The van der Waals surface area contributed by atoms with Crippen LogP contribution < -0.4 is 24.8 Å². The number of nitrogens with zero attached hydrogens (tertiary/aromatic N) is 2. The Morgan fingerprint density at radius 2 is 1.70 bits per heavy atom. The number of anilines is 1. The Labute approximate surface area is 196 Å². The summed E-state index contributed by atoms with van der Waals surface area (Å²) >= 11 is 1.25. The number of carbonyl (C=O) groups excluding carboxylic acids is 2. The van der Waals surface area contributed by atoms with Gasteiger partial charge < -0.3 is 19.5 Å². The molecule has 9 nitrogen and oxygen atoms in total. The van der Waals surface area contributed by atoms with E-state index >= 15 is 0 Å². The van der Waals surface area contributed by atoms with Crippen molar-refractivity contribution in [1.82, 2.24) is 15.5 Å². The van der Waals surface area contributed by atoms with Crippen molar-refractivity contribution < 1.29 is 23.8 Å². The third-order valence-corrected chi connectivity index (χ3v) is 5.35. The van der Waals surface area contributed by atoms with Gasteiger partial charge >= 0.3 is 0 Å². The first-order valence-corrected chi connectivity index (χ1v) is 11.3. The predicted octanol–water partition coefficient (Wildman–Crippen LogP) is 3.57. The molecule has 2 amide bonds. The van der Waals surface area contributed by atoms with Crippen molar-refractivity contribution >= 4 is 28.3 Å². The van der Waals surface area contributed by atoms with Crippen LogP contribution in [-0.2, 0) is 6.42 Å². The van der Waals surface area contributed by atoms with E-state index < -0.39 is 0 Å². The van der Waals surface area contributed by atoms with Crippen LogP contribution in [0, 0.1) is 0 Å². The molecule has 3 aromatic rings. The van der Waals surface area contributed by atoms with Crippen LogP contribution in [0.25, 0.3) is 0 Å². The molecule has 0 bridgehead atoms. The molecule has 33 heavy (non-hydrogen) atoms. The summed E-state index contributed by atoms with van der Waals surface area (Å²) in [5.41, 5.74) is 0.936. The summed E-state index contributed by atoms with van der Waals surface area (Å²) in [6.45, 7) is 5.09. The average Bonchev–Trinajstić information content (AvgIpc) is 3.27. The summed E-state index contributed by atoms with van der Waals surface area (Å²) in [4.78, 5) is 24.9. The standard InChI is InChI=1S/C23H26N4O5S/c1-4-31-18-10-9-16(14-19(18)32-5-2)22(29)25-23-27-26-20(33-23)11-12-24-21(28)15-7-6-8-17(13-15)30-3/h6-10,13-14H,4-5,11-12H2,1-3H3,(H,24,28)(H,25,27,29). The Morgan fingerprint density at radius 3 is 2.45 bits per heavy atom. The second-order valence-electron chi connectivity index (χ2n) is 6.72. The van der Waals surface area contributed by atoms with Gasteiger partial charge in [-0.2, -0.15) is 0 Å². The van der Waals surface area contributed by atoms with E-state index in [-0.39, 0.29) is 11.8 Å². The number of ether oxygens (including phenoxy) is 3. The van der Waals surface area contributed by atoms with Crippen molar-refractivity contribution in [3.63, 3.8) is 0 Å². The molecule has 0 saturated carbocycles. The quantitative estimate of drug-likeness (QED) is 0.441. The van der Waals surface area contributed by atoms with E-state index in [4.69, 9.17) is 14.2 Å². The third kappa shape index (κ3) is 6.66. The van der Waals surface area contributed by atoms with Crippen molar-refractivity contribution in [2.24, 2.45) is 0 Å². The van der Waals surface area contributed by atoms with Gasteiger partial charge in [-0.25, -0.2) is 0 Å². The SMILES string of the molecule is CCOc1ccc(C(=O)Nc2nnc(CCNC(=O)c3cccc(OC)c3)s2)cc1OCC. The number of hydrogen-bond donors (Lipinski definition) is 2. The molecule has 0 unspecified atom stereocenters. The molecule has 0 radical (unpaired) electrons. The van der Waals surface area contributed by atoms with E-state index in [1.165, 1.54) is 11.3 Å². The second kappa shape index (κ2) is 11.8. The molecule has 3 rings (SSSR count). The van der Waals surface area contributed by atoms with Crippen LogP contribution in [0.2, 0.25) is 0 Å². The first kappa shape index (κ1) is 24.0. The highest BCUT2D eigenvalue weighted by Crippen LogP contribution is 2.29. The maximum Gasteiger partial charge on any atom is 0.257 e. The molecule has 1 aromatic heterocycles. The number of hydrogen-bond acceptors (Lipinski definition) is 8. The largest absolute Gasteiger partial charge is 0.497 e. The lowest BCUT2D eigenvalue weighted by Gasteiger charge is -2.12. The van der Waals surface area contributed by atoms with Crippen LogP contribution in [0.3, 0.4) is 0 Å². The Hall–Kier alpha value is -3.66. The van der Waals surface area contributed by atoms with Crippen LogP contribution >= 0.6 is 11.3 Å². The lowest BCUT2D eigenvalue weighted by atomic mass is 10.2. The molecule has 1 heterocycles. The van der Waals surface area contributed by atoms with Gasteiger partial charge in [-0.15, -0.1) is 10.2 Å². The second-order valence-corrected chi connectivity index (χ2v) is 7.78. The van der Waals surface area contributed by atoms with Gasteiger partial charge in [-0.3, -0.25) is 14.9 Å². The highest BCUT2D eigenvalue weighted by Gasteiger charge is 2.14. The fourth-order valence-electron chi connectivity index (χ4n) is 2.92. The Morgan fingerprint density at radius 1 is 0.939 bits per heavy atom. The molecule has 0 aliphatic rings. The highest BCUT2D eigenvalue weighted by molar-refractivity contribution is 7.15. The van der Waals surface area contributed by atoms with Gasteiger partial charge in [0.15, 0.2) is 11.5 Å². The van der Waals surface area contributed by atoms with E-state index in [1.54, 1.807) is 49.6 Å². The van der Waals surface area contributed by atoms with Crippen molar-refractivity contribution in [2.45, 2.75) is 20.3 Å². The molecular weight excluding hydrogens is 444 g/mol. The minimum atomic E-state index is -0.326. The summed E-state index contributed by atoms with van der Waals surface area (Å²) in [7, 11) is 1.55. The molecule has 0 fully saturated rings. The van der Waals surface area contributed by atoms with Crippen LogP contribution in [0.15, 0.2) is 42.5 Å². The van der Waals surface area contributed by atoms with Crippen molar-refractivity contribution in [1.29, 1.82) is 0 Å². The molecule has 2 aromatic carbocycles. The maximum atomic E-state index is 12.6. The normalized spacial score (nSPS) is 10.4. The molecule has 0 aliphatic carbocycles. The van der Waals surface area contributed by atoms with Gasteiger partial charge in [0.25, 0.3) is 11.8 Å². The number of aromatic nitrogens is 2. The molecule has 0 aliphatic heterocycles. The average molecular weight is 471 g/mol. The zero-order valence-electron chi connectivity index (χ0n) is 18.7.